The zero-order valence-corrected chi connectivity index (χ0v) is 16.7. The Bertz CT molecular complexity index is 785. The Hall–Kier alpha value is -2.28. The van der Waals surface area contributed by atoms with Crippen LogP contribution in [0.3, 0.4) is 0 Å². The number of thiazole rings is 1. The average Bonchev–Trinajstić information content (AvgIpc) is 3.09. The van der Waals surface area contributed by atoms with Crippen LogP contribution in [0.25, 0.3) is 0 Å². The first-order valence-electron chi connectivity index (χ1n) is 9.62. The van der Waals surface area contributed by atoms with Gasteiger partial charge in [0.2, 0.25) is 5.91 Å². The molecular weight excluding hydrogens is 360 g/mol. The maximum Gasteiger partial charge on any atom is 0.276 e. The van der Waals surface area contributed by atoms with E-state index in [1.54, 1.807) is 24.4 Å². The van der Waals surface area contributed by atoms with Crippen molar-refractivity contribution in [2.45, 2.75) is 52.5 Å². The summed E-state index contributed by atoms with van der Waals surface area (Å²) in [4.78, 5) is 36.8. The highest BCUT2D eigenvalue weighted by atomic mass is 32.1. The highest BCUT2D eigenvalue weighted by molar-refractivity contribution is 7.15. The van der Waals surface area contributed by atoms with Crippen molar-refractivity contribution < 1.29 is 9.59 Å². The summed E-state index contributed by atoms with van der Waals surface area (Å²) in [7, 11) is 0. The average molecular weight is 387 g/mol. The standard InChI is InChI=1S/C20H26N4O2S/c1-3-7-14(8-4-2)19(26)24-12-10-15-17(13-24)27-20(22-15)23-18(25)16-9-5-6-11-21-16/h5-6,9,11,14H,3-4,7-8,10,12-13H2,1-2H3,(H,22,23,25). The molecule has 0 aliphatic carbocycles. The van der Waals surface area contributed by atoms with Gasteiger partial charge in [0, 0.05) is 30.0 Å². The van der Waals surface area contributed by atoms with Gasteiger partial charge in [0.05, 0.1) is 12.2 Å². The zero-order valence-electron chi connectivity index (χ0n) is 15.9. The number of carbonyl (C=O) groups excluding carboxylic acids is 2. The molecule has 0 aromatic carbocycles. The number of pyridine rings is 1. The first kappa shape index (κ1) is 19.5. The van der Waals surface area contributed by atoms with Crippen molar-refractivity contribution >= 4 is 28.3 Å². The number of fused-ring (bicyclic) bond motifs is 1. The molecule has 1 aliphatic heterocycles. The summed E-state index contributed by atoms with van der Waals surface area (Å²) in [6.07, 6.45) is 6.28. The van der Waals surface area contributed by atoms with E-state index in [1.165, 1.54) is 11.3 Å². The summed E-state index contributed by atoms with van der Waals surface area (Å²) in [5, 5.41) is 3.40. The minimum absolute atomic E-state index is 0.123. The van der Waals surface area contributed by atoms with Crippen LogP contribution < -0.4 is 5.32 Å². The molecule has 0 atom stereocenters. The number of nitrogens with zero attached hydrogens (tertiary/aromatic N) is 3. The van der Waals surface area contributed by atoms with Crippen LogP contribution in [0.4, 0.5) is 5.13 Å². The molecule has 3 rings (SSSR count). The van der Waals surface area contributed by atoms with Gasteiger partial charge >= 0.3 is 0 Å². The Labute approximate surface area is 164 Å². The van der Waals surface area contributed by atoms with Crippen molar-refractivity contribution in [3.8, 4) is 0 Å². The lowest BCUT2D eigenvalue weighted by atomic mass is 9.96. The summed E-state index contributed by atoms with van der Waals surface area (Å²) in [5.74, 6) is 0.121. The summed E-state index contributed by atoms with van der Waals surface area (Å²) in [6.45, 7) is 5.55. The number of aromatic nitrogens is 2. The van der Waals surface area contributed by atoms with E-state index in [-0.39, 0.29) is 17.7 Å². The molecule has 7 heteroatoms. The van der Waals surface area contributed by atoms with E-state index >= 15 is 0 Å². The largest absolute Gasteiger partial charge is 0.337 e. The number of hydrogen-bond donors (Lipinski definition) is 1. The van der Waals surface area contributed by atoms with Crippen LogP contribution in [0, 0.1) is 5.92 Å². The van der Waals surface area contributed by atoms with Crippen LogP contribution in [0.15, 0.2) is 24.4 Å². The first-order valence-corrected chi connectivity index (χ1v) is 10.4. The first-order chi connectivity index (χ1) is 13.1. The van der Waals surface area contributed by atoms with Crippen molar-refractivity contribution in [1.29, 1.82) is 0 Å². The van der Waals surface area contributed by atoms with Crippen LogP contribution in [0.1, 0.15) is 60.6 Å². The van der Waals surface area contributed by atoms with E-state index in [0.29, 0.717) is 23.9 Å². The molecule has 0 unspecified atom stereocenters. The lowest BCUT2D eigenvalue weighted by Gasteiger charge is -2.29. The van der Waals surface area contributed by atoms with E-state index in [2.05, 4.69) is 29.1 Å². The lowest BCUT2D eigenvalue weighted by Crippen LogP contribution is -2.39. The van der Waals surface area contributed by atoms with E-state index in [0.717, 1.165) is 42.7 Å². The molecule has 0 saturated heterocycles. The fourth-order valence-corrected chi connectivity index (χ4v) is 4.46. The summed E-state index contributed by atoms with van der Waals surface area (Å²) >= 11 is 1.45. The Balaban J connectivity index is 1.66. The monoisotopic (exact) mass is 386 g/mol. The van der Waals surface area contributed by atoms with Crippen LogP contribution in [0.2, 0.25) is 0 Å². The highest BCUT2D eigenvalue weighted by Gasteiger charge is 2.28. The molecule has 0 bridgehead atoms. The van der Waals surface area contributed by atoms with Crippen molar-refractivity contribution in [3.63, 3.8) is 0 Å². The quantitative estimate of drug-likeness (QED) is 0.783. The van der Waals surface area contributed by atoms with Crippen molar-refractivity contribution in [2.75, 3.05) is 11.9 Å². The van der Waals surface area contributed by atoms with E-state index < -0.39 is 0 Å². The molecule has 3 heterocycles. The van der Waals surface area contributed by atoms with Gasteiger partial charge in [0.1, 0.15) is 5.69 Å². The van der Waals surface area contributed by atoms with Crippen molar-refractivity contribution in [2.24, 2.45) is 5.92 Å². The van der Waals surface area contributed by atoms with Gasteiger partial charge in [-0.15, -0.1) is 0 Å². The number of carbonyl (C=O) groups is 2. The van der Waals surface area contributed by atoms with Gasteiger partial charge in [0.25, 0.3) is 5.91 Å². The molecule has 6 nitrogen and oxygen atoms in total. The maximum atomic E-state index is 12.9. The SMILES string of the molecule is CCCC(CCC)C(=O)N1CCc2nc(NC(=O)c3ccccn3)sc2C1. The second-order valence-electron chi connectivity index (χ2n) is 6.84. The molecule has 0 radical (unpaired) electrons. The molecular formula is C20H26N4O2S. The third kappa shape index (κ3) is 4.71. The molecule has 1 aliphatic rings. The number of nitrogens with one attached hydrogen (secondary N) is 1. The van der Waals surface area contributed by atoms with Gasteiger partial charge in [0.15, 0.2) is 5.13 Å². The summed E-state index contributed by atoms with van der Waals surface area (Å²) in [5.41, 5.74) is 1.35. The Morgan fingerprint density at radius 1 is 1.26 bits per heavy atom. The third-order valence-corrected chi connectivity index (χ3v) is 5.78. The second kappa shape index (κ2) is 9.08. The van der Waals surface area contributed by atoms with Gasteiger partial charge in [-0.3, -0.25) is 19.9 Å². The van der Waals surface area contributed by atoms with E-state index in [1.807, 2.05) is 4.90 Å². The molecule has 144 valence electrons. The Morgan fingerprint density at radius 2 is 2.04 bits per heavy atom. The van der Waals surface area contributed by atoms with Crippen LogP contribution >= 0.6 is 11.3 Å². The molecule has 0 spiro atoms. The lowest BCUT2D eigenvalue weighted by molar-refractivity contribution is -0.137. The van der Waals surface area contributed by atoms with Crippen molar-refractivity contribution in [3.05, 3.63) is 40.7 Å². The topological polar surface area (TPSA) is 75.2 Å². The molecule has 2 aromatic heterocycles. The maximum absolute atomic E-state index is 12.9. The van der Waals surface area contributed by atoms with Crippen LogP contribution in [-0.2, 0) is 17.8 Å². The smallest absolute Gasteiger partial charge is 0.276 e. The fourth-order valence-electron chi connectivity index (χ4n) is 3.44. The van der Waals surface area contributed by atoms with Gasteiger partial charge < -0.3 is 4.90 Å². The van der Waals surface area contributed by atoms with Gasteiger partial charge in [-0.25, -0.2) is 4.98 Å². The van der Waals surface area contributed by atoms with Gasteiger partial charge in [-0.1, -0.05) is 44.1 Å². The zero-order chi connectivity index (χ0) is 19.2. The summed E-state index contributed by atoms with van der Waals surface area (Å²) in [6, 6.07) is 5.22. The predicted molar refractivity (Wildman–Crippen MR) is 107 cm³/mol. The van der Waals surface area contributed by atoms with Gasteiger partial charge in [-0.05, 0) is 25.0 Å². The normalized spacial score (nSPS) is 13.5. The van der Waals surface area contributed by atoms with E-state index in [4.69, 9.17) is 0 Å². The predicted octanol–water partition coefficient (Wildman–Crippen LogP) is 3.89. The number of rotatable bonds is 7. The van der Waals surface area contributed by atoms with Crippen LogP contribution in [-0.4, -0.2) is 33.2 Å². The van der Waals surface area contributed by atoms with Crippen LogP contribution in [0.5, 0.6) is 0 Å². The van der Waals surface area contributed by atoms with Gasteiger partial charge in [-0.2, -0.15) is 0 Å². The summed E-state index contributed by atoms with van der Waals surface area (Å²) < 4.78 is 0. The third-order valence-electron chi connectivity index (χ3n) is 4.78. The number of amides is 2. The molecule has 27 heavy (non-hydrogen) atoms. The second-order valence-corrected chi connectivity index (χ2v) is 7.93. The fraction of sp³-hybridized carbons (Fsp3) is 0.500. The minimum Gasteiger partial charge on any atom is -0.337 e. The minimum atomic E-state index is -0.263. The Morgan fingerprint density at radius 3 is 2.70 bits per heavy atom. The molecule has 1 N–H and O–H groups in total. The number of hydrogen-bond acceptors (Lipinski definition) is 5. The van der Waals surface area contributed by atoms with Crippen molar-refractivity contribution in [1.82, 2.24) is 14.9 Å². The molecule has 2 amide bonds. The molecule has 2 aromatic rings. The van der Waals surface area contributed by atoms with E-state index in [9.17, 15) is 9.59 Å². The molecule has 0 fully saturated rings. The highest BCUT2D eigenvalue weighted by Crippen LogP contribution is 2.30. The Kier molecular flexibility index (Phi) is 6.55. The number of anilines is 1. The molecule has 0 saturated carbocycles.